The van der Waals surface area contributed by atoms with Gasteiger partial charge in [0, 0.05) is 18.8 Å². The van der Waals surface area contributed by atoms with E-state index >= 15 is 0 Å². The summed E-state index contributed by atoms with van der Waals surface area (Å²) >= 11 is 0. The molecule has 0 amide bonds. The van der Waals surface area contributed by atoms with Gasteiger partial charge in [-0.25, -0.2) is 0 Å². The number of aryl methyl sites for hydroxylation is 3. The number of nitrogens with two attached hydrogens (primary N) is 1. The van der Waals surface area contributed by atoms with E-state index in [4.69, 9.17) is 5.73 Å². The maximum Gasteiger partial charge on any atom is 0.148 e. The molecule has 0 aliphatic carbocycles. The highest BCUT2D eigenvalue weighted by atomic mass is 15.3. The lowest BCUT2D eigenvalue weighted by Crippen LogP contribution is -2.10. The van der Waals surface area contributed by atoms with Crippen molar-refractivity contribution in [1.29, 1.82) is 0 Å². The third-order valence-corrected chi connectivity index (χ3v) is 2.64. The van der Waals surface area contributed by atoms with Crippen LogP contribution in [0.4, 0.5) is 11.6 Å². The van der Waals surface area contributed by atoms with E-state index in [0.29, 0.717) is 5.82 Å². The van der Waals surface area contributed by atoms with Crippen LogP contribution in [0.15, 0.2) is 18.2 Å². The van der Waals surface area contributed by atoms with E-state index < -0.39 is 0 Å². The SMILES string of the molecule is Cc1cc(C)n(CCCNc2ccc(N)nn2)n1. The molecule has 0 saturated heterocycles. The fourth-order valence-corrected chi connectivity index (χ4v) is 1.78. The molecule has 2 rings (SSSR count). The maximum atomic E-state index is 5.46. The Balaban J connectivity index is 1.76. The van der Waals surface area contributed by atoms with Crippen molar-refractivity contribution in [3.8, 4) is 0 Å². The Kier molecular flexibility index (Phi) is 3.76. The van der Waals surface area contributed by atoms with Crippen LogP contribution in [0.5, 0.6) is 0 Å². The van der Waals surface area contributed by atoms with Gasteiger partial charge in [-0.1, -0.05) is 0 Å². The van der Waals surface area contributed by atoms with Crippen LogP contribution in [0.25, 0.3) is 0 Å². The predicted octanol–water partition coefficient (Wildman–Crippen LogP) is 1.37. The lowest BCUT2D eigenvalue weighted by atomic mass is 10.4. The molecule has 6 nitrogen and oxygen atoms in total. The second kappa shape index (κ2) is 5.48. The minimum Gasteiger partial charge on any atom is -0.382 e. The summed E-state index contributed by atoms with van der Waals surface area (Å²) in [5.41, 5.74) is 7.72. The first-order chi connectivity index (χ1) is 8.65. The molecular weight excluding hydrogens is 228 g/mol. The van der Waals surface area contributed by atoms with Gasteiger partial charge in [0.2, 0.25) is 0 Å². The molecule has 0 bridgehead atoms. The van der Waals surface area contributed by atoms with Gasteiger partial charge < -0.3 is 11.1 Å². The van der Waals surface area contributed by atoms with E-state index in [9.17, 15) is 0 Å². The first-order valence-electron chi connectivity index (χ1n) is 5.99. The zero-order valence-electron chi connectivity index (χ0n) is 10.7. The largest absolute Gasteiger partial charge is 0.382 e. The van der Waals surface area contributed by atoms with Crippen LogP contribution in [-0.2, 0) is 6.54 Å². The zero-order chi connectivity index (χ0) is 13.0. The lowest BCUT2D eigenvalue weighted by molar-refractivity contribution is 0.573. The summed E-state index contributed by atoms with van der Waals surface area (Å²) in [5, 5.41) is 15.3. The van der Waals surface area contributed by atoms with Gasteiger partial charge in [0.1, 0.15) is 11.6 Å². The normalized spacial score (nSPS) is 10.6. The van der Waals surface area contributed by atoms with E-state index in [1.807, 2.05) is 17.7 Å². The highest BCUT2D eigenvalue weighted by Crippen LogP contribution is 2.04. The fourth-order valence-electron chi connectivity index (χ4n) is 1.78. The predicted molar refractivity (Wildman–Crippen MR) is 71.3 cm³/mol. The van der Waals surface area contributed by atoms with Crippen LogP contribution in [0.2, 0.25) is 0 Å². The Hall–Kier alpha value is -2.11. The molecule has 3 N–H and O–H groups in total. The van der Waals surface area contributed by atoms with Gasteiger partial charge >= 0.3 is 0 Å². The highest BCUT2D eigenvalue weighted by Gasteiger charge is 2.00. The summed E-state index contributed by atoms with van der Waals surface area (Å²) in [6.45, 7) is 5.80. The third kappa shape index (κ3) is 3.19. The summed E-state index contributed by atoms with van der Waals surface area (Å²) < 4.78 is 2.02. The van der Waals surface area contributed by atoms with Crippen molar-refractivity contribution < 1.29 is 0 Å². The van der Waals surface area contributed by atoms with Crippen molar-refractivity contribution in [2.75, 3.05) is 17.6 Å². The summed E-state index contributed by atoms with van der Waals surface area (Å²) in [6, 6.07) is 5.64. The zero-order valence-corrected chi connectivity index (χ0v) is 10.7. The number of nitrogen functional groups attached to an aromatic ring is 1. The third-order valence-electron chi connectivity index (χ3n) is 2.64. The van der Waals surface area contributed by atoms with Gasteiger partial charge in [-0.2, -0.15) is 5.10 Å². The van der Waals surface area contributed by atoms with Crippen molar-refractivity contribution in [2.45, 2.75) is 26.8 Å². The molecule has 18 heavy (non-hydrogen) atoms. The Bertz CT molecular complexity index is 502. The number of nitrogens with one attached hydrogen (secondary N) is 1. The number of hydrogen-bond acceptors (Lipinski definition) is 5. The van der Waals surface area contributed by atoms with Gasteiger partial charge in [0.25, 0.3) is 0 Å². The molecular formula is C12H18N6. The van der Waals surface area contributed by atoms with E-state index in [1.165, 1.54) is 5.69 Å². The Labute approximate surface area is 106 Å². The first-order valence-corrected chi connectivity index (χ1v) is 5.99. The molecule has 2 heterocycles. The van der Waals surface area contributed by atoms with Gasteiger partial charge in [-0.05, 0) is 38.5 Å². The van der Waals surface area contributed by atoms with Gasteiger partial charge in [-0.3, -0.25) is 4.68 Å². The molecule has 2 aromatic rings. The molecule has 2 aromatic heterocycles. The highest BCUT2D eigenvalue weighted by molar-refractivity contribution is 5.38. The number of anilines is 2. The molecule has 0 aliphatic rings. The van der Waals surface area contributed by atoms with Crippen LogP contribution in [-0.4, -0.2) is 26.5 Å². The minimum atomic E-state index is 0.434. The summed E-state index contributed by atoms with van der Waals surface area (Å²) in [6.07, 6.45) is 0.980. The standard InChI is InChI=1S/C12H18N6/c1-9-8-10(2)18(17-9)7-3-6-14-12-5-4-11(13)15-16-12/h4-5,8H,3,6-7H2,1-2H3,(H2,13,15)(H,14,16). The summed E-state index contributed by atoms with van der Waals surface area (Å²) in [4.78, 5) is 0. The van der Waals surface area contributed by atoms with Crippen molar-refractivity contribution in [3.63, 3.8) is 0 Å². The quantitative estimate of drug-likeness (QED) is 0.779. The number of aromatic nitrogens is 4. The van der Waals surface area contributed by atoms with Gasteiger partial charge in [-0.15, -0.1) is 10.2 Å². The van der Waals surface area contributed by atoms with Crippen LogP contribution in [0.1, 0.15) is 17.8 Å². The number of nitrogens with zero attached hydrogens (tertiary/aromatic N) is 4. The maximum absolute atomic E-state index is 5.46. The molecule has 0 unspecified atom stereocenters. The molecule has 96 valence electrons. The average Bonchev–Trinajstić information content (AvgIpc) is 2.66. The monoisotopic (exact) mass is 246 g/mol. The molecule has 0 fully saturated rings. The van der Waals surface area contributed by atoms with Crippen molar-refractivity contribution in [3.05, 3.63) is 29.6 Å². The molecule has 6 heteroatoms. The molecule has 0 radical (unpaired) electrons. The van der Waals surface area contributed by atoms with Crippen molar-refractivity contribution in [2.24, 2.45) is 0 Å². The summed E-state index contributed by atoms with van der Waals surface area (Å²) in [5.74, 6) is 1.18. The van der Waals surface area contributed by atoms with Crippen LogP contribution >= 0.6 is 0 Å². The van der Waals surface area contributed by atoms with Crippen LogP contribution in [0.3, 0.4) is 0 Å². The van der Waals surface area contributed by atoms with Gasteiger partial charge in [0.05, 0.1) is 5.69 Å². The smallest absolute Gasteiger partial charge is 0.148 e. The topological polar surface area (TPSA) is 81.7 Å². The molecule has 0 aliphatic heterocycles. The molecule has 0 aromatic carbocycles. The Morgan fingerprint density at radius 2 is 2.11 bits per heavy atom. The second-order valence-electron chi connectivity index (χ2n) is 4.27. The number of hydrogen-bond donors (Lipinski definition) is 2. The van der Waals surface area contributed by atoms with Crippen molar-refractivity contribution in [1.82, 2.24) is 20.0 Å². The van der Waals surface area contributed by atoms with E-state index in [-0.39, 0.29) is 0 Å². The van der Waals surface area contributed by atoms with E-state index in [1.54, 1.807) is 6.07 Å². The Morgan fingerprint density at radius 3 is 2.72 bits per heavy atom. The van der Waals surface area contributed by atoms with Crippen LogP contribution in [0, 0.1) is 13.8 Å². The number of rotatable bonds is 5. The minimum absolute atomic E-state index is 0.434. The molecule has 0 saturated carbocycles. The second-order valence-corrected chi connectivity index (χ2v) is 4.27. The van der Waals surface area contributed by atoms with Crippen LogP contribution < -0.4 is 11.1 Å². The van der Waals surface area contributed by atoms with E-state index in [2.05, 4.69) is 33.6 Å². The summed E-state index contributed by atoms with van der Waals surface area (Å²) in [7, 11) is 0. The van der Waals surface area contributed by atoms with E-state index in [0.717, 1.165) is 31.0 Å². The first kappa shape index (κ1) is 12.3. The lowest BCUT2D eigenvalue weighted by Gasteiger charge is -2.06. The average molecular weight is 246 g/mol. The molecule has 0 atom stereocenters. The fraction of sp³-hybridized carbons (Fsp3) is 0.417. The van der Waals surface area contributed by atoms with Crippen molar-refractivity contribution >= 4 is 11.6 Å². The Morgan fingerprint density at radius 1 is 1.28 bits per heavy atom. The van der Waals surface area contributed by atoms with Gasteiger partial charge in [0.15, 0.2) is 0 Å². The molecule has 0 spiro atoms.